The highest BCUT2D eigenvalue weighted by Crippen LogP contribution is 2.26. The molecule has 0 aliphatic heterocycles. The van der Waals surface area contributed by atoms with E-state index in [4.69, 9.17) is 0 Å². The van der Waals surface area contributed by atoms with Gasteiger partial charge in [-0.1, -0.05) is 24.3 Å². The Labute approximate surface area is 188 Å². The lowest BCUT2D eigenvalue weighted by molar-refractivity contribution is -0.384. The molecule has 33 heavy (non-hydrogen) atoms. The molecule has 2 aromatic carbocycles. The number of nitro groups is 1. The van der Waals surface area contributed by atoms with Gasteiger partial charge >= 0.3 is 0 Å². The molecule has 2 heterocycles. The second kappa shape index (κ2) is 9.27. The van der Waals surface area contributed by atoms with E-state index in [0.29, 0.717) is 30.1 Å². The summed E-state index contributed by atoms with van der Waals surface area (Å²) in [4.78, 5) is 36.7. The van der Waals surface area contributed by atoms with E-state index in [-0.39, 0.29) is 22.4 Å². The van der Waals surface area contributed by atoms with Crippen molar-refractivity contribution < 1.29 is 14.5 Å². The molecule has 0 unspecified atom stereocenters. The SMILES string of the molecule is CNc1ccc(C(=O)c2ccccc2C(=O)NCCc2nnc3ccccn23)cc1[N+](=O)[O-]. The van der Waals surface area contributed by atoms with Crippen molar-refractivity contribution in [3.05, 3.63) is 99.5 Å². The predicted molar refractivity (Wildman–Crippen MR) is 122 cm³/mol. The van der Waals surface area contributed by atoms with E-state index in [9.17, 15) is 19.7 Å². The number of aromatic nitrogens is 3. The van der Waals surface area contributed by atoms with Crippen LogP contribution < -0.4 is 10.6 Å². The third kappa shape index (κ3) is 4.40. The molecule has 10 nitrogen and oxygen atoms in total. The molecular weight excluding hydrogens is 424 g/mol. The van der Waals surface area contributed by atoms with Crippen molar-refractivity contribution in [1.82, 2.24) is 19.9 Å². The van der Waals surface area contributed by atoms with Crippen molar-refractivity contribution >= 4 is 28.7 Å². The third-order valence-corrected chi connectivity index (χ3v) is 5.16. The van der Waals surface area contributed by atoms with Gasteiger partial charge in [0.25, 0.3) is 11.6 Å². The molecule has 4 rings (SSSR count). The van der Waals surface area contributed by atoms with E-state index in [1.807, 2.05) is 28.8 Å². The van der Waals surface area contributed by atoms with Gasteiger partial charge in [0.2, 0.25) is 0 Å². The maximum atomic E-state index is 13.1. The van der Waals surface area contributed by atoms with Gasteiger partial charge in [0.15, 0.2) is 11.4 Å². The van der Waals surface area contributed by atoms with Gasteiger partial charge in [-0.25, -0.2) is 0 Å². The van der Waals surface area contributed by atoms with E-state index < -0.39 is 16.6 Å². The number of fused-ring (bicyclic) bond motifs is 1. The molecule has 166 valence electrons. The number of amides is 1. The third-order valence-electron chi connectivity index (χ3n) is 5.16. The molecule has 0 spiro atoms. The highest BCUT2D eigenvalue weighted by Gasteiger charge is 2.21. The largest absolute Gasteiger partial charge is 0.383 e. The van der Waals surface area contributed by atoms with Crippen molar-refractivity contribution in [3.8, 4) is 0 Å². The minimum absolute atomic E-state index is 0.121. The Balaban J connectivity index is 1.52. The average Bonchev–Trinajstić information content (AvgIpc) is 3.26. The highest BCUT2D eigenvalue weighted by atomic mass is 16.6. The lowest BCUT2D eigenvalue weighted by atomic mass is 9.97. The van der Waals surface area contributed by atoms with E-state index in [1.165, 1.54) is 24.3 Å². The number of hydrogen-bond donors (Lipinski definition) is 2. The number of hydrogen-bond acceptors (Lipinski definition) is 7. The highest BCUT2D eigenvalue weighted by molar-refractivity contribution is 6.15. The summed E-state index contributed by atoms with van der Waals surface area (Å²) in [6.07, 6.45) is 2.30. The van der Waals surface area contributed by atoms with Gasteiger partial charge in [-0.2, -0.15) is 0 Å². The molecule has 10 heteroatoms. The molecule has 0 atom stereocenters. The maximum absolute atomic E-state index is 13.1. The van der Waals surface area contributed by atoms with Crippen LogP contribution in [0.25, 0.3) is 5.65 Å². The number of carbonyl (C=O) groups excluding carboxylic acids is 2. The second-order valence-corrected chi connectivity index (χ2v) is 7.16. The quantitative estimate of drug-likeness (QED) is 0.243. The summed E-state index contributed by atoms with van der Waals surface area (Å²) in [6, 6.07) is 16.1. The average molecular weight is 444 g/mol. The molecule has 2 aromatic heterocycles. The van der Waals surface area contributed by atoms with E-state index >= 15 is 0 Å². The molecule has 1 amide bonds. The molecular formula is C23H20N6O4. The van der Waals surface area contributed by atoms with Crippen molar-refractivity contribution in [3.63, 3.8) is 0 Å². The van der Waals surface area contributed by atoms with Crippen LogP contribution in [-0.4, -0.2) is 44.8 Å². The van der Waals surface area contributed by atoms with Crippen molar-refractivity contribution in [2.45, 2.75) is 6.42 Å². The molecule has 0 saturated carbocycles. The zero-order valence-electron chi connectivity index (χ0n) is 17.7. The first-order valence-corrected chi connectivity index (χ1v) is 10.2. The van der Waals surface area contributed by atoms with Gasteiger partial charge < -0.3 is 10.6 Å². The van der Waals surface area contributed by atoms with Crippen LogP contribution in [0.1, 0.15) is 32.1 Å². The van der Waals surface area contributed by atoms with E-state index in [1.54, 1.807) is 25.2 Å². The number of carbonyl (C=O) groups is 2. The normalized spacial score (nSPS) is 10.7. The predicted octanol–water partition coefficient (Wildman–Crippen LogP) is 2.88. The van der Waals surface area contributed by atoms with Crippen LogP contribution >= 0.6 is 0 Å². The van der Waals surface area contributed by atoms with Crippen LogP contribution in [0.3, 0.4) is 0 Å². The minimum Gasteiger partial charge on any atom is -0.383 e. The Kier molecular flexibility index (Phi) is 6.07. The Hall–Kier alpha value is -4.60. The zero-order valence-corrected chi connectivity index (χ0v) is 17.7. The van der Waals surface area contributed by atoms with Crippen LogP contribution in [0.4, 0.5) is 11.4 Å². The lowest BCUT2D eigenvalue weighted by Crippen LogP contribution is -2.28. The summed E-state index contributed by atoms with van der Waals surface area (Å²) >= 11 is 0. The molecule has 0 radical (unpaired) electrons. The first-order chi connectivity index (χ1) is 16.0. The standard InChI is InChI=1S/C23H20N6O4/c1-24-18-10-9-15(14-19(18)29(32)33)22(30)16-6-2-3-7-17(16)23(31)25-12-11-21-27-26-20-8-4-5-13-28(20)21/h2-10,13-14,24H,11-12H2,1H3,(H,25,31). The van der Waals surface area contributed by atoms with Crippen molar-refractivity contribution in [1.29, 1.82) is 0 Å². The Morgan fingerprint density at radius 3 is 2.55 bits per heavy atom. The van der Waals surface area contributed by atoms with Crippen molar-refractivity contribution in [2.24, 2.45) is 0 Å². The molecule has 2 N–H and O–H groups in total. The Bertz CT molecular complexity index is 1360. The van der Waals surface area contributed by atoms with Crippen LogP contribution in [0.2, 0.25) is 0 Å². The number of benzene rings is 2. The molecule has 0 aliphatic rings. The lowest BCUT2D eigenvalue weighted by Gasteiger charge is -2.10. The minimum atomic E-state index is -0.560. The van der Waals surface area contributed by atoms with Crippen LogP contribution in [0.15, 0.2) is 66.9 Å². The summed E-state index contributed by atoms with van der Waals surface area (Å²) in [5, 5.41) is 25.1. The summed E-state index contributed by atoms with van der Waals surface area (Å²) < 4.78 is 1.84. The van der Waals surface area contributed by atoms with Gasteiger partial charge in [0, 0.05) is 43.4 Å². The molecule has 0 aliphatic carbocycles. The number of nitrogens with zero attached hydrogens (tertiary/aromatic N) is 4. The Morgan fingerprint density at radius 2 is 1.79 bits per heavy atom. The fraction of sp³-hybridized carbons (Fsp3) is 0.130. The monoisotopic (exact) mass is 444 g/mol. The Morgan fingerprint density at radius 1 is 1.03 bits per heavy atom. The van der Waals surface area contributed by atoms with E-state index in [2.05, 4.69) is 20.8 Å². The fourth-order valence-electron chi connectivity index (χ4n) is 3.51. The number of ketones is 1. The zero-order chi connectivity index (χ0) is 23.4. The van der Waals surface area contributed by atoms with Crippen LogP contribution in [-0.2, 0) is 6.42 Å². The smallest absolute Gasteiger partial charge is 0.293 e. The maximum Gasteiger partial charge on any atom is 0.293 e. The van der Waals surface area contributed by atoms with Crippen LogP contribution in [0, 0.1) is 10.1 Å². The van der Waals surface area contributed by atoms with Gasteiger partial charge in [-0.3, -0.25) is 24.1 Å². The number of nitro benzene ring substituents is 1. The number of rotatable bonds is 8. The number of pyridine rings is 1. The summed E-state index contributed by atoms with van der Waals surface area (Å²) in [5.74, 6) is -0.198. The topological polar surface area (TPSA) is 132 Å². The number of nitrogens with one attached hydrogen (secondary N) is 2. The molecule has 0 saturated heterocycles. The fourth-order valence-corrected chi connectivity index (χ4v) is 3.51. The van der Waals surface area contributed by atoms with Gasteiger partial charge in [0.1, 0.15) is 11.5 Å². The first kappa shape index (κ1) is 21.6. The summed E-state index contributed by atoms with van der Waals surface area (Å²) in [7, 11) is 1.56. The molecule has 4 aromatic rings. The molecule has 0 bridgehead atoms. The number of anilines is 1. The van der Waals surface area contributed by atoms with Gasteiger partial charge in [-0.15, -0.1) is 10.2 Å². The van der Waals surface area contributed by atoms with E-state index in [0.717, 1.165) is 0 Å². The van der Waals surface area contributed by atoms with Crippen molar-refractivity contribution in [2.75, 3.05) is 18.9 Å². The molecule has 0 fully saturated rings. The van der Waals surface area contributed by atoms with Gasteiger partial charge in [0.05, 0.1) is 10.5 Å². The van der Waals surface area contributed by atoms with Crippen LogP contribution in [0.5, 0.6) is 0 Å². The van der Waals surface area contributed by atoms with Gasteiger partial charge in [-0.05, 0) is 30.3 Å². The first-order valence-electron chi connectivity index (χ1n) is 10.2. The second-order valence-electron chi connectivity index (χ2n) is 7.16. The summed E-state index contributed by atoms with van der Waals surface area (Å²) in [6.45, 7) is 0.291. The summed E-state index contributed by atoms with van der Waals surface area (Å²) in [5.41, 5.74) is 1.27.